The number of pyridine rings is 1. The van der Waals surface area contributed by atoms with Crippen molar-refractivity contribution in [3.05, 3.63) is 54.2 Å². The summed E-state index contributed by atoms with van der Waals surface area (Å²) in [4.78, 5) is 18.4. The molecule has 0 saturated heterocycles. The smallest absolute Gasteiger partial charge is 0.223 e. The molecule has 0 N–H and O–H groups in total. The van der Waals surface area contributed by atoms with Crippen LogP contribution in [0.25, 0.3) is 0 Å². The maximum atomic E-state index is 12.4. The van der Waals surface area contributed by atoms with Crippen molar-refractivity contribution in [1.29, 1.82) is 0 Å². The van der Waals surface area contributed by atoms with Crippen LogP contribution in [0, 0.1) is 0 Å². The molecule has 1 amide bonds. The number of nitrogens with zero attached hydrogens (tertiary/aromatic N) is 2. The maximum absolute atomic E-state index is 12.4. The molecule has 0 unspecified atom stereocenters. The van der Waals surface area contributed by atoms with E-state index in [0.717, 1.165) is 37.1 Å². The molecular weight excluding hydrogens is 264 g/mol. The Labute approximate surface area is 125 Å². The van der Waals surface area contributed by atoms with Crippen molar-refractivity contribution in [1.82, 2.24) is 9.88 Å². The molecule has 21 heavy (non-hydrogen) atoms. The van der Waals surface area contributed by atoms with Crippen molar-refractivity contribution in [2.45, 2.75) is 39.2 Å². The molecule has 0 fully saturated rings. The molecule has 4 nitrogen and oxygen atoms in total. The summed E-state index contributed by atoms with van der Waals surface area (Å²) in [7, 11) is 0. The number of amides is 1. The number of hydrogen-bond donors (Lipinski definition) is 0. The van der Waals surface area contributed by atoms with Gasteiger partial charge in [-0.2, -0.15) is 0 Å². The summed E-state index contributed by atoms with van der Waals surface area (Å²) < 4.78 is 5.35. The van der Waals surface area contributed by atoms with Crippen LogP contribution in [0.2, 0.25) is 0 Å². The third-order valence-electron chi connectivity index (χ3n) is 3.41. The monoisotopic (exact) mass is 286 g/mol. The van der Waals surface area contributed by atoms with Crippen LogP contribution in [-0.4, -0.2) is 22.3 Å². The molecule has 2 rings (SSSR count). The van der Waals surface area contributed by atoms with Crippen molar-refractivity contribution in [2.75, 3.05) is 6.54 Å². The first-order chi connectivity index (χ1) is 10.3. The zero-order chi connectivity index (χ0) is 14.9. The lowest BCUT2D eigenvalue weighted by atomic mass is 10.1. The highest BCUT2D eigenvalue weighted by Gasteiger charge is 2.14. The second kappa shape index (κ2) is 8.25. The Morgan fingerprint density at radius 1 is 1.33 bits per heavy atom. The average molecular weight is 286 g/mol. The minimum atomic E-state index is 0.170. The number of rotatable bonds is 8. The van der Waals surface area contributed by atoms with Crippen molar-refractivity contribution >= 4 is 5.91 Å². The quantitative estimate of drug-likeness (QED) is 0.747. The third kappa shape index (κ3) is 5.06. The van der Waals surface area contributed by atoms with Crippen molar-refractivity contribution in [3.63, 3.8) is 0 Å². The standard InChI is InChI=1S/C17H22N2O2/c1-2-3-11-19(14-16-7-5-12-21-16)17(20)9-8-15-6-4-10-18-13-15/h4-7,10,12-13H,2-3,8-9,11,14H2,1H3. The predicted octanol–water partition coefficient (Wildman–Crippen LogP) is 3.44. The normalized spacial score (nSPS) is 10.5. The Hall–Kier alpha value is -2.10. The van der Waals surface area contributed by atoms with Crippen LogP contribution in [0.3, 0.4) is 0 Å². The first kappa shape index (κ1) is 15.3. The fourth-order valence-electron chi connectivity index (χ4n) is 2.19. The molecule has 0 radical (unpaired) electrons. The van der Waals surface area contributed by atoms with Gasteiger partial charge in [0.2, 0.25) is 5.91 Å². The number of unbranched alkanes of at least 4 members (excludes halogenated alkanes) is 1. The van der Waals surface area contributed by atoms with Crippen molar-refractivity contribution in [3.8, 4) is 0 Å². The van der Waals surface area contributed by atoms with Crippen LogP contribution in [0.4, 0.5) is 0 Å². The van der Waals surface area contributed by atoms with E-state index < -0.39 is 0 Å². The van der Waals surface area contributed by atoms with Gasteiger partial charge in [-0.1, -0.05) is 19.4 Å². The largest absolute Gasteiger partial charge is 0.467 e. The highest BCUT2D eigenvalue weighted by atomic mass is 16.3. The lowest BCUT2D eigenvalue weighted by Gasteiger charge is -2.21. The second-order valence-electron chi connectivity index (χ2n) is 5.11. The van der Waals surface area contributed by atoms with E-state index in [1.165, 1.54) is 0 Å². The van der Waals surface area contributed by atoms with Gasteiger partial charge >= 0.3 is 0 Å². The van der Waals surface area contributed by atoms with Gasteiger partial charge < -0.3 is 9.32 Å². The minimum Gasteiger partial charge on any atom is -0.467 e. The molecule has 0 saturated carbocycles. The van der Waals surface area contributed by atoms with Crippen LogP contribution < -0.4 is 0 Å². The molecule has 0 aliphatic heterocycles. The average Bonchev–Trinajstić information content (AvgIpc) is 3.03. The molecular formula is C17H22N2O2. The van der Waals surface area contributed by atoms with Crippen LogP contribution in [0.5, 0.6) is 0 Å². The van der Waals surface area contributed by atoms with Gasteiger partial charge in [0, 0.05) is 25.4 Å². The number of aromatic nitrogens is 1. The number of hydrogen-bond acceptors (Lipinski definition) is 3. The van der Waals surface area contributed by atoms with Crippen LogP contribution >= 0.6 is 0 Å². The Morgan fingerprint density at radius 2 is 2.24 bits per heavy atom. The SMILES string of the molecule is CCCCN(Cc1ccco1)C(=O)CCc1cccnc1. The first-order valence-electron chi connectivity index (χ1n) is 7.48. The Bertz CT molecular complexity index is 523. The van der Waals surface area contributed by atoms with Gasteiger partial charge in [-0.25, -0.2) is 0 Å². The zero-order valence-electron chi connectivity index (χ0n) is 12.5. The summed E-state index contributed by atoms with van der Waals surface area (Å²) in [5, 5.41) is 0. The summed E-state index contributed by atoms with van der Waals surface area (Å²) in [5.41, 5.74) is 1.10. The van der Waals surface area contributed by atoms with Gasteiger partial charge in [0.15, 0.2) is 0 Å². The van der Waals surface area contributed by atoms with E-state index >= 15 is 0 Å². The Morgan fingerprint density at radius 3 is 2.90 bits per heavy atom. The summed E-state index contributed by atoms with van der Waals surface area (Å²) in [5.74, 6) is 1.00. The molecule has 0 atom stereocenters. The zero-order valence-corrected chi connectivity index (χ0v) is 12.5. The highest BCUT2D eigenvalue weighted by Crippen LogP contribution is 2.10. The molecule has 0 aliphatic carbocycles. The van der Waals surface area contributed by atoms with E-state index in [9.17, 15) is 4.79 Å². The molecule has 2 aromatic heterocycles. The molecule has 4 heteroatoms. The van der Waals surface area contributed by atoms with E-state index in [2.05, 4.69) is 11.9 Å². The van der Waals surface area contributed by atoms with Gasteiger partial charge in [-0.3, -0.25) is 9.78 Å². The van der Waals surface area contributed by atoms with Crippen molar-refractivity contribution < 1.29 is 9.21 Å². The molecule has 2 heterocycles. The van der Waals surface area contributed by atoms with E-state index in [-0.39, 0.29) is 5.91 Å². The summed E-state index contributed by atoms with van der Waals surface area (Å²) in [6.07, 6.45) is 8.53. The molecule has 112 valence electrons. The first-order valence-corrected chi connectivity index (χ1v) is 7.48. The molecule has 0 aromatic carbocycles. The topological polar surface area (TPSA) is 46.3 Å². The lowest BCUT2D eigenvalue weighted by Crippen LogP contribution is -2.31. The van der Waals surface area contributed by atoms with Gasteiger partial charge in [-0.05, 0) is 36.6 Å². The summed E-state index contributed by atoms with van der Waals surface area (Å²) in [6.45, 7) is 3.47. The van der Waals surface area contributed by atoms with Gasteiger partial charge in [0.25, 0.3) is 0 Å². The summed E-state index contributed by atoms with van der Waals surface area (Å²) in [6, 6.07) is 7.67. The third-order valence-corrected chi connectivity index (χ3v) is 3.41. The number of furan rings is 1. The predicted molar refractivity (Wildman–Crippen MR) is 81.6 cm³/mol. The van der Waals surface area contributed by atoms with E-state index in [1.54, 1.807) is 12.5 Å². The molecule has 0 aliphatic rings. The number of carbonyl (C=O) groups excluding carboxylic acids is 1. The van der Waals surface area contributed by atoms with Crippen molar-refractivity contribution in [2.24, 2.45) is 0 Å². The number of carbonyl (C=O) groups is 1. The summed E-state index contributed by atoms with van der Waals surface area (Å²) >= 11 is 0. The molecule has 0 bridgehead atoms. The van der Waals surface area contributed by atoms with E-state index in [1.807, 2.05) is 35.4 Å². The lowest BCUT2D eigenvalue weighted by molar-refractivity contribution is -0.132. The van der Waals surface area contributed by atoms with E-state index in [4.69, 9.17) is 4.42 Å². The van der Waals surface area contributed by atoms with Crippen LogP contribution in [-0.2, 0) is 17.8 Å². The number of aryl methyl sites for hydroxylation is 1. The fourth-order valence-corrected chi connectivity index (χ4v) is 2.19. The minimum absolute atomic E-state index is 0.170. The molecule has 2 aromatic rings. The van der Waals surface area contributed by atoms with Gasteiger partial charge in [0.1, 0.15) is 5.76 Å². The van der Waals surface area contributed by atoms with E-state index in [0.29, 0.717) is 13.0 Å². The highest BCUT2D eigenvalue weighted by molar-refractivity contribution is 5.76. The Kier molecular flexibility index (Phi) is 6.00. The van der Waals surface area contributed by atoms with Crippen LogP contribution in [0.15, 0.2) is 47.3 Å². The maximum Gasteiger partial charge on any atom is 0.223 e. The fraction of sp³-hybridized carbons (Fsp3) is 0.412. The van der Waals surface area contributed by atoms with Crippen LogP contribution in [0.1, 0.15) is 37.5 Å². The second-order valence-corrected chi connectivity index (χ2v) is 5.11. The van der Waals surface area contributed by atoms with Gasteiger partial charge in [0.05, 0.1) is 12.8 Å². The molecule has 0 spiro atoms. The Balaban J connectivity index is 1.90. The van der Waals surface area contributed by atoms with Gasteiger partial charge in [-0.15, -0.1) is 0 Å².